The molecule has 1 aliphatic carbocycles. The van der Waals surface area contributed by atoms with Crippen molar-refractivity contribution in [3.63, 3.8) is 0 Å². The number of allylic oxidation sites excluding steroid dienone is 5. The van der Waals surface area contributed by atoms with Crippen molar-refractivity contribution >= 4 is 17.4 Å². The maximum atomic E-state index is 15.0. The number of aromatic hydroxyl groups is 1. The van der Waals surface area contributed by atoms with E-state index >= 15 is 0 Å². The highest BCUT2D eigenvalue weighted by Gasteiger charge is 2.26. The van der Waals surface area contributed by atoms with Crippen LogP contribution in [0.4, 0.5) is 14.5 Å². The van der Waals surface area contributed by atoms with E-state index in [0.717, 1.165) is 25.3 Å². The van der Waals surface area contributed by atoms with Crippen molar-refractivity contribution in [3.05, 3.63) is 88.3 Å². The first-order valence-corrected chi connectivity index (χ1v) is 10.7. The average Bonchev–Trinajstić information content (AvgIpc) is 2.73. The normalized spacial score (nSPS) is 16.8. The smallest absolute Gasteiger partial charge is 0.255 e. The standard InChI is InChI=1S/C27H29F2NO2/c1-17-6-5-15-27(3,4)23(17)14-7-18(2)25(29)22-13-8-19(16-24(22)28)26(32)30-20-9-11-21(31)12-10-20/h7-14,16,31H,5-6,15H2,1-4H3,(H,30,32). The summed E-state index contributed by atoms with van der Waals surface area (Å²) in [5.41, 5.74) is 3.23. The Bertz CT molecular complexity index is 1110. The molecule has 0 unspecified atom stereocenters. The second-order valence-corrected chi connectivity index (χ2v) is 8.96. The van der Waals surface area contributed by atoms with Gasteiger partial charge in [-0.1, -0.05) is 31.6 Å². The molecule has 168 valence electrons. The first kappa shape index (κ1) is 23.5. The molecule has 3 nitrogen and oxygen atoms in total. The number of rotatable bonds is 5. The van der Waals surface area contributed by atoms with Crippen LogP contribution in [0.1, 0.15) is 62.9 Å². The molecule has 2 N–H and O–H groups in total. The minimum Gasteiger partial charge on any atom is -0.508 e. The average molecular weight is 438 g/mol. The van der Waals surface area contributed by atoms with Gasteiger partial charge in [-0.05, 0) is 92.1 Å². The third kappa shape index (κ3) is 5.34. The van der Waals surface area contributed by atoms with Crippen LogP contribution in [0, 0.1) is 11.2 Å². The van der Waals surface area contributed by atoms with Gasteiger partial charge in [-0.3, -0.25) is 4.79 Å². The largest absolute Gasteiger partial charge is 0.508 e. The Labute approximate surface area is 188 Å². The lowest BCUT2D eigenvalue weighted by Crippen LogP contribution is -2.19. The zero-order chi connectivity index (χ0) is 23.5. The van der Waals surface area contributed by atoms with Gasteiger partial charge in [0.05, 0.1) is 0 Å². The van der Waals surface area contributed by atoms with Gasteiger partial charge in [0.25, 0.3) is 5.91 Å². The van der Waals surface area contributed by atoms with E-state index < -0.39 is 17.6 Å². The van der Waals surface area contributed by atoms with Crippen molar-refractivity contribution in [2.75, 3.05) is 5.32 Å². The van der Waals surface area contributed by atoms with E-state index in [1.165, 1.54) is 47.5 Å². The number of carbonyl (C=O) groups excluding carboxylic acids is 1. The molecule has 0 spiro atoms. The Kier molecular flexibility index (Phi) is 6.97. The second kappa shape index (κ2) is 9.51. The van der Waals surface area contributed by atoms with Crippen LogP contribution in [0.3, 0.4) is 0 Å². The molecule has 0 radical (unpaired) electrons. The second-order valence-electron chi connectivity index (χ2n) is 8.96. The fraction of sp³-hybridized carbons (Fsp3) is 0.296. The van der Waals surface area contributed by atoms with Crippen LogP contribution in [0.5, 0.6) is 5.75 Å². The van der Waals surface area contributed by atoms with E-state index in [2.05, 4.69) is 26.1 Å². The number of amides is 1. The van der Waals surface area contributed by atoms with Crippen LogP contribution in [-0.2, 0) is 0 Å². The molecule has 3 rings (SSSR count). The highest BCUT2D eigenvalue weighted by molar-refractivity contribution is 6.04. The van der Waals surface area contributed by atoms with Gasteiger partial charge in [0.1, 0.15) is 17.4 Å². The van der Waals surface area contributed by atoms with Crippen molar-refractivity contribution in [2.45, 2.75) is 47.0 Å². The number of hydrogen-bond acceptors (Lipinski definition) is 2. The van der Waals surface area contributed by atoms with E-state index in [0.29, 0.717) is 11.3 Å². The molecule has 0 heterocycles. The molecule has 0 saturated heterocycles. The summed E-state index contributed by atoms with van der Waals surface area (Å²) in [6, 6.07) is 9.62. The zero-order valence-electron chi connectivity index (χ0n) is 18.9. The van der Waals surface area contributed by atoms with Crippen LogP contribution in [-0.4, -0.2) is 11.0 Å². The van der Waals surface area contributed by atoms with Crippen molar-refractivity contribution in [1.82, 2.24) is 0 Å². The Balaban J connectivity index is 1.80. The Hall–Kier alpha value is -3.21. The summed E-state index contributed by atoms with van der Waals surface area (Å²) in [4.78, 5) is 12.4. The molecule has 0 atom stereocenters. The summed E-state index contributed by atoms with van der Waals surface area (Å²) >= 11 is 0. The lowest BCUT2D eigenvalue weighted by molar-refractivity contribution is 0.102. The van der Waals surface area contributed by atoms with Crippen molar-refractivity contribution < 1.29 is 18.7 Å². The maximum Gasteiger partial charge on any atom is 0.255 e. The Morgan fingerprint density at radius 3 is 2.47 bits per heavy atom. The third-order valence-electron chi connectivity index (χ3n) is 5.98. The topological polar surface area (TPSA) is 49.3 Å². The molecule has 1 aliphatic rings. The van der Waals surface area contributed by atoms with E-state index in [1.807, 2.05) is 6.08 Å². The van der Waals surface area contributed by atoms with Gasteiger partial charge in [0.2, 0.25) is 0 Å². The Morgan fingerprint density at radius 1 is 1.16 bits per heavy atom. The predicted molar refractivity (Wildman–Crippen MR) is 126 cm³/mol. The monoisotopic (exact) mass is 437 g/mol. The molecule has 2 aromatic rings. The highest BCUT2D eigenvalue weighted by atomic mass is 19.1. The van der Waals surface area contributed by atoms with Gasteiger partial charge in [-0.2, -0.15) is 0 Å². The number of benzene rings is 2. The molecule has 5 heteroatoms. The number of nitrogens with one attached hydrogen (secondary N) is 1. The van der Waals surface area contributed by atoms with Crippen LogP contribution >= 0.6 is 0 Å². The van der Waals surface area contributed by atoms with Crippen LogP contribution in [0.15, 0.2) is 71.3 Å². The SMILES string of the molecule is CC(C=CC1=C(C)CCCC1(C)C)=C(F)c1ccc(C(=O)Nc2ccc(O)cc2)cc1F. The van der Waals surface area contributed by atoms with Crippen LogP contribution in [0.2, 0.25) is 0 Å². The van der Waals surface area contributed by atoms with Crippen molar-refractivity contribution in [2.24, 2.45) is 5.41 Å². The first-order chi connectivity index (χ1) is 15.1. The van der Waals surface area contributed by atoms with Gasteiger partial charge in [0.15, 0.2) is 0 Å². The van der Waals surface area contributed by atoms with E-state index in [4.69, 9.17) is 0 Å². The minimum absolute atomic E-state index is 0.0351. The molecule has 0 aromatic heterocycles. The summed E-state index contributed by atoms with van der Waals surface area (Å²) in [5, 5.41) is 11.9. The lowest BCUT2D eigenvalue weighted by Gasteiger charge is -2.33. The fourth-order valence-electron chi connectivity index (χ4n) is 4.09. The number of anilines is 1. The van der Waals surface area contributed by atoms with Gasteiger partial charge in [-0.25, -0.2) is 8.78 Å². The molecular formula is C27H29F2NO2. The van der Waals surface area contributed by atoms with E-state index in [1.54, 1.807) is 13.0 Å². The van der Waals surface area contributed by atoms with Crippen molar-refractivity contribution in [3.8, 4) is 5.75 Å². The highest BCUT2D eigenvalue weighted by Crippen LogP contribution is 2.41. The summed E-state index contributed by atoms with van der Waals surface area (Å²) in [5.74, 6) is -1.91. The van der Waals surface area contributed by atoms with E-state index in [-0.39, 0.29) is 22.3 Å². The zero-order valence-corrected chi connectivity index (χ0v) is 18.9. The molecule has 1 amide bonds. The number of carbonyl (C=O) groups is 1. The lowest BCUT2D eigenvalue weighted by atomic mass is 9.72. The van der Waals surface area contributed by atoms with Gasteiger partial charge < -0.3 is 10.4 Å². The molecule has 0 aliphatic heterocycles. The molecule has 0 saturated carbocycles. The van der Waals surface area contributed by atoms with E-state index in [9.17, 15) is 18.7 Å². The maximum absolute atomic E-state index is 15.0. The number of hydrogen-bond donors (Lipinski definition) is 2. The third-order valence-corrected chi connectivity index (χ3v) is 5.98. The summed E-state index contributed by atoms with van der Waals surface area (Å²) in [6.07, 6.45) is 6.92. The number of halogens is 2. The summed E-state index contributed by atoms with van der Waals surface area (Å²) in [7, 11) is 0. The molecule has 0 bridgehead atoms. The fourth-order valence-corrected chi connectivity index (χ4v) is 4.09. The van der Waals surface area contributed by atoms with Gasteiger partial charge >= 0.3 is 0 Å². The van der Waals surface area contributed by atoms with Crippen LogP contribution in [0.25, 0.3) is 5.83 Å². The molecule has 32 heavy (non-hydrogen) atoms. The Morgan fingerprint density at radius 2 is 1.84 bits per heavy atom. The van der Waals surface area contributed by atoms with Crippen molar-refractivity contribution in [1.29, 1.82) is 0 Å². The van der Waals surface area contributed by atoms with Crippen LogP contribution < -0.4 is 5.32 Å². The summed E-state index contributed by atoms with van der Waals surface area (Å²) in [6.45, 7) is 8.10. The first-order valence-electron chi connectivity index (χ1n) is 10.7. The quantitative estimate of drug-likeness (QED) is 0.374. The predicted octanol–water partition coefficient (Wildman–Crippen LogP) is 7.57. The minimum atomic E-state index is -0.804. The van der Waals surface area contributed by atoms with Gasteiger partial charge in [-0.15, -0.1) is 0 Å². The molecule has 0 fully saturated rings. The molecular weight excluding hydrogens is 408 g/mol. The molecule has 2 aromatic carbocycles. The number of phenols is 1. The number of phenolic OH excluding ortho intramolecular Hbond substituents is 1. The van der Waals surface area contributed by atoms with Gasteiger partial charge in [0, 0.05) is 16.8 Å². The summed E-state index contributed by atoms with van der Waals surface area (Å²) < 4.78 is 29.7.